The minimum atomic E-state index is -0.841. The van der Waals surface area contributed by atoms with E-state index in [1.54, 1.807) is 0 Å². The summed E-state index contributed by atoms with van der Waals surface area (Å²) >= 11 is 0. The van der Waals surface area contributed by atoms with Crippen LogP contribution in [0.5, 0.6) is 0 Å². The third-order valence-corrected chi connectivity index (χ3v) is 14.0. The van der Waals surface area contributed by atoms with E-state index in [4.69, 9.17) is 11.5 Å². The van der Waals surface area contributed by atoms with Crippen LogP contribution in [0.1, 0.15) is 310 Å². The summed E-state index contributed by atoms with van der Waals surface area (Å²) in [5.41, 5.74) is 11.5. The second-order valence-corrected chi connectivity index (χ2v) is 19.1. The van der Waals surface area contributed by atoms with E-state index in [2.05, 4.69) is 39.6 Å². The standard InChI is InChI=1S/C53H107N3O2/c1-6-10-14-18-22-26-30-34-38-42-46-52(50(54)57,47-43-39-35-31-27-23-19-15-11-7-2)56(5)53(51(55)58,48-44-40-36-32-28-24-20-16-12-8-3)49-45-41-37-33-29-25-21-17-13-9-4/h6-49H2,1-5H3,(H2,54,57)(H2,55,58). The van der Waals surface area contributed by atoms with Crippen molar-refractivity contribution in [1.82, 2.24) is 4.90 Å². The van der Waals surface area contributed by atoms with E-state index < -0.39 is 11.1 Å². The van der Waals surface area contributed by atoms with Crippen molar-refractivity contribution in [1.29, 1.82) is 0 Å². The first-order valence-electron chi connectivity index (χ1n) is 26.6. The number of rotatable bonds is 48. The quantitative estimate of drug-likeness (QED) is 0.0599. The Balaban J connectivity index is 5.89. The highest BCUT2D eigenvalue weighted by Crippen LogP contribution is 2.39. The molecular weight excluding hydrogens is 711 g/mol. The molecule has 4 N–H and O–H groups in total. The molecule has 0 aromatic rings. The Morgan fingerprint density at radius 3 is 0.569 bits per heavy atom. The fourth-order valence-electron chi connectivity index (χ4n) is 9.77. The van der Waals surface area contributed by atoms with Crippen molar-refractivity contribution >= 4 is 11.8 Å². The number of likely N-dealkylation sites (N-methyl/N-ethyl adjacent to an activating group) is 1. The lowest BCUT2D eigenvalue weighted by Crippen LogP contribution is -2.68. The van der Waals surface area contributed by atoms with Crippen LogP contribution < -0.4 is 11.5 Å². The average molecular weight is 818 g/mol. The lowest BCUT2D eigenvalue weighted by Gasteiger charge is -2.50. The number of primary amides is 2. The van der Waals surface area contributed by atoms with Crippen LogP contribution in [-0.4, -0.2) is 34.8 Å². The Kier molecular flexibility index (Phi) is 40.5. The minimum absolute atomic E-state index is 0.237. The van der Waals surface area contributed by atoms with Gasteiger partial charge >= 0.3 is 0 Å². The summed E-state index contributed by atoms with van der Waals surface area (Å²) in [5.74, 6) is -0.475. The van der Waals surface area contributed by atoms with Crippen LogP contribution in [0.2, 0.25) is 0 Å². The predicted octanol–water partition coefficient (Wildman–Crippen LogP) is 16.6. The third kappa shape index (κ3) is 28.4. The number of carbonyl (C=O) groups is 2. The Morgan fingerprint density at radius 1 is 0.293 bits per heavy atom. The van der Waals surface area contributed by atoms with E-state index in [9.17, 15) is 9.59 Å². The van der Waals surface area contributed by atoms with Crippen molar-refractivity contribution in [3.05, 3.63) is 0 Å². The zero-order valence-corrected chi connectivity index (χ0v) is 40.5. The second-order valence-electron chi connectivity index (χ2n) is 19.1. The van der Waals surface area contributed by atoms with Gasteiger partial charge < -0.3 is 11.5 Å². The van der Waals surface area contributed by atoms with Gasteiger partial charge in [0, 0.05) is 0 Å². The maximum atomic E-state index is 14.0. The molecule has 2 amide bonds. The molecule has 0 bridgehead atoms. The summed E-state index contributed by atoms with van der Waals surface area (Å²) in [4.78, 5) is 30.3. The zero-order chi connectivity index (χ0) is 42.8. The molecule has 0 radical (unpaired) electrons. The van der Waals surface area contributed by atoms with Gasteiger partial charge in [0.2, 0.25) is 11.8 Å². The number of amides is 2. The fourth-order valence-corrected chi connectivity index (χ4v) is 9.77. The Bertz CT molecular complexity index is 773. The van der Waals surface area contributed by atoms with Crippen molar-refractivity contribution in [3.8, 4) is 0 Å². The fraction of sp³-hybridized carbons (Fsp3) is 0.962. The monoisotopic (exact) mass is 818 g/mol. The van der Waals surface area contributed by atoms with E-state index in [-0.39, 0.29) is 11.8 Å². The molecule has 0 atom stereocenters. The largest absolute Gasteiger partial charge is 0.368 e. The highest BCUT2D eigenvalue weighted by atomic mass is 16.2. The normalized spacial score (nSPS) is 12.2. The van der Waals surface area contributed by atoms with Gasteiger partial charge in [0.05, 0.1) is 0 Å². The highest BCUT2D eigenvalue weighted by Gasteiger charge is 2.51. The molecule has 0 rings (SSSR count). The van der Waals surface area contributed by atoms with E-state index >= 15 is 0 Å². The summed E-state index contributed by atoms with van der Waals surface area (Å²) in [6.07, 6.45) is 53.3. The van der Waals surface area contributed by atoms with Crippen molar-refractivity contribution < 1.29 is 9.59 Å². The van der Waals surface area contributed by atoms with Crippen LogP contribution in [0.3, 0.4) is 0 Å². The number of unbranched alkanes of at least 4 members (excludes halogenated alkanes) is 36. The Labute approximate surface area is 364 Å². The molecule has 0 aliphatic rings. The molecule has 5 heteroatoms. The SMILES string of the molecule is CCCCCCCCCCCCC(CCCCCCCCCCCC)(C(N)=O)N(C)C(CCCCCCCCCCCC)(CCCCCCCCCCCC)C(N)=O. The van der Waals surface area contributed by atoms with Crippen LogP contribution >= 0.6 is 0 Å². The number of hydrogen-bond acceptors (Lipinski definition) is 3. The van der Waals surface area contributed by atoms with Crippen molar-refractivity contribution in [2.45, 2.75) is 321 Å². The van der Waals surface area contributed by atoms with Gasteiger partial charge in [-0.1, -0.05) is 285 Å². The molecule has 0 aromatic carbocycles. The van der Waals surface area contributed by atoms with E-state index in [0.29, 0.717) is 0 Å². The number of carbonyl (C=O) groups excluding carboxylic acids is 2. The van der Waals surface area contributed by atoms with Crippen LogP contribution in [0.15, 0.2) is 0 Å². The first-order chi connectivity index (χ1) is 28.3. The van der Waals surface area contributed by atoms with Gasteiger partial charge in [-0.15, -0.1) is 0 Å². The van der Waals surface area contributed by atoms with Gasteiger partial charge in [0.1, 0.15) is 11.1 Å². The van der Waals surface area contributed by atoms with Gasteiger partial charge in [-0.3, -0.25) is 14.5 Å². The highest BCUT2D eigenvalue weighted by molar-refractivity contribution is 5.89. The lowest BCUT2D eigenvalue weighted by molar-refractivity contribution is -0.146. The van der Waals surface area contributed by atoms with Gasteiger partial charge in [0.25, 0.3) is 0 Å². The van der Waals surface area contributed by atoms with Crippen LogP contribution in [0.25, 0.3) is 0 Å². The molecule has 0 unspecified atom stereocenters. The van der Waals surface area contributed by atoms with Gasteiger partial charge in [-0.05, 0) is 32.7 Å². The van der Waals surface area contributed by atoms with Crippen molar-refractivity contribution in [2.75, 3.05) is 7.05 Å². The molecule has 0 fully saturated rings. The summed E-state index contributed by atoms with van der Waals surface area (Å²) in [5, 5.41) is 0. The molecule has 0 spiro atoms. The molecule has 0 saturated heterocycles. The maximum absolute atomic E-state index is 14.0. The maximum Gasteiger partial charge on any atom is 0.237 e. The molecule has 0 saturated carbocycles. The van der Waals surface area contributed by atoms with E-state index in [0.717, 1.165) is 77.0 Å². The van der Waals surface area contributed by atoms with Gasteiger partial charge in [-0.2, -0.15) is 0 Å². The molecular formula is C53H107N3O2. The molecule has 0 aromatic heterocycles. The van der Waals surface area contributed by atoms with Crippen LogP contribution in [-0.2, 0) is 9.59 Å². The molecule has 58 heavy (non-hydrogen) atoms. The third-order valence-electron chi connectivity index (χ3n) is 14.0. The molecule has 346 valence electrons. The Hall–Kier alpha value is -1.10. The zero-order valence-electron chi connectivity index (χ0n) is 40.5. The lowest BCUT2D eigenvalue weighted by atomic mass is 9.76. The number of hydrogen-bond donors (Lipinski definition) is 2. The molecule has 5 nitrogen and oxygen atoms in total. The average Bonchev–Trinajstić information content (AvgIpc) is 3.21. The van der Waals surface area contributed by atoms with E-state index in [1.165, 1.54) is 205 Å². The van der Waals surface area contributed by atoms with Crippen molar-refractivity contribution in [2.24, 2.45) is 11.5 Å². The molecule has 0 aliphatic carbocycles. The first-order valence-corrected chi connectivity index (χ1v) is 26.6. The van der Waals surface area contributed by atoms with Gasteiger partial charge in [0.15, 0.2) is 0 Å². The Morgan fingerprint density at radius 2 is 0.431 bits per heavy atom. The van der Waals surface area contributed by atoms with Crippen LogP contribution in [0, 0.1) is 0 Å². The number of nitrogens with two attached hydrogens (primary N) is 2. The van der Waals surface area contributed by atoms with Crippen molar-refractivity contribution in [3.63, 3.8) is 0 Å². The number of nitrogens with zero attached hydrogens (tertiary/aromatic N) is 1. The predicted molar refractivity (Wildman–Crippen MR) is 257 cm³/mol. The first kappa shape index (κ1) is 56.9. The van der Waals surface area contributed by atoms with Crippen LogP contribution in [0.4, 0.5) is 0 Å². The summed E-state index contributed by atoms with van der Waals surface area (Å²) in [6.45, 7) is 9.13. The molecule has 0 aliphatic heterocycles. The smallest absolute Gasteiger partial charge is 0.237 e. The van der Waals surface area contributed by atoms with E-state index in [1.807, 2.05) is 0 Å². The second kappa shape index (κ2) is 41.3. The summed E-state index contributed by atoms with van der Waals surface area (Å²) < 4.78 is 0. The van der Waals surface area contributed by atoms with Gasteiger partial charge in [-0.25, -0.2) is 0 Å². The minimum Gasteiger partial charge on any atom is -0.368 e. The molecule has 0 heterocycles. The summed E-state index contributed by atoms with van der Waals surface area (Å²) in [7, 11) is 2.08. The summed E-state index contributed by atoms with van der Waals surface area (Å²) in [6, 6.07) is 0. The topological polar surface area (TPSA) is 89.4 Å².